The summed E-state index contributed by atoms with van der Waals surface area (Å²) in [5, 5.41) is 17.7. The molecule has 1 heterocycles. The number of aromatic hydroxyl groups is 1. The average Bonchev–Trinajstić information content (AvgIpc) is 2.77. The molecule has 0 atom stereocenters. The minimum atomic E-state index is -1.11. The Morgan fingerprint density at radius 2 is 2.00 bits per heavy atom. The quantitative estimate of drug-likeness (QED) is 0.848. The monoisotopic (exact) mass is 234 g/mol. The van der Waals surface area contributed by atoms with Gasteiger partial charge in [-0.2, -0.15) is 0 Å². The second-order valence-electron chi connectivity index (χ2n) is 3.41. The molecule has 0 bridgehead atoms. The molecule has 0 saturated heterocycles. The van der Waals surface area contributed by atoms with Gasteiger partial charge in [0.05, 0.1) is 6.26 Å². The van der Waals surface area contributed by atoms with Gasteiger partial charge in [0.2, 0.25) is 5.76 Å². The summed E-state index contributed by atoms with van der Waals surface area (Å²) in [6.07, 6.45) is 1.34. The summed E-state index contributed by atoms with van der Waals surface area (Å²) in [6, 6.07) is 7.66. The Kier molecular flexibility index (Phi) is 3.00. The zero-order valence-corrected chi connectivity index (χ0v) is 8.79. The Balaban J connectivity index is 1.97. The first kappa shape index (κ1) is 11.1. The Hall–Kier alpha value is -2.43. The summed E-state index contributed by atoms with van der Waals surface area (Å²) in [4.78, 5) is 10.6. The van der Waals surface area contributed by atoms with Gasteiger partial charge in [-0.1, -0.05) is 0 Å². The van der Waals surface area contributed by atoms with Crippen LogP contribution in [0.5, 0.6) is 11.5 Å². The molecule has 5 heteroatoms. The van der Waals surface area contributed by atoms with Gasteiger partial charge in [-0.05, 0) is 30.3 Å². The highest BCUT2D eigenvalue weighted by Gasteiger charge is 2.08. The van der Waals surface area contributed by atoms with Gasteiger partial charge in [-0.25, -0.2) is 4.79 Å². The number of phenolic OH excluding ortho intramolecular Hbond substituents is 1. The maximum Gasteiger partial charge on any atom is 0.371 e. The van der Waals surface area contributed by atoms with Gasteiger partial charge in [-0.15, -0.1) is 0 Å². The molecule has 0 aliphatic heterocycles. The van der Waals surface area contributed by atoms with Crippen LogP contribution >= 0.6 is 0 Å². The van der Waals surface area contributed by atoms with Crippen LogP contribution < -0.4 is 4.74 Å². The fourth-order valence-corrected chi connectivity index (χ4v) is 1.27. The fraction of sp³-hybridized carbons (Fsp3) is 0.0833. The SMILES string of the molecule is O=C(O)c1cc(COc2ccc(O)cc2)co1. The molecule has 0 unspecified atom stereocenters. The third-order valence-corrected chi connectivity index (χ3v) is 2.11. The Morgan fingerprint density at radius 3 is 2.59 bits per heavy atom. The first-order chi connectivity index (χ1) is 8.15. The minimum Gasteiger partial charge on any atom is -0.508 e. The predicted octanol–water partition coefficient (Wildman–Crippen LogP) is 2.26. The summed E-state index contributed by atoms with van der Waals surface area (Å²) >= 11 is 0. The minimum absolute atomic E-state index is 0.116. The van der Waals surface area contributed by atoms with Gasteiger partial charge in [0.25, 0.3) is 0 Å². The highest BCUT2D eigenvalue weighted by atomic mass is 16.5. The molecule has 1 aromatic heterocycles. The number of ether oxygens (including phenoxy) is 1. The van der Waals surface area contributed by atoms with Gasteiger partial charge in [0.15, 0.2) is 0 Å². The van der Waals surface area contributed by atoms with E-state index in [1.807, 2.05) is 0 Å². The van der Waals surface area contributed by atoms with Gasteiger partial charge in [0, 0.05) is 5.56 Å². The van der Waals surface area contributed by atoms with E-state index in [4.69, 9.17) is 19.4 Å². The fourth-order valence-electron chi connectivity index (χ4n) is 1.27. The lowest BCUT2D eigenvalue weighted by molar-refractivity contribution is 0.0662. The molecule has 2 N–H and O–H groups in total. The van der Waals surface area contributed by atoms with Gasteiger partial charge in [0.1, 0.15) is 18.1 Å². The van der Waals surface area contributed by atoms with E-state index < -0.39 is 5.97 Å². The van der Waals surface area contributed by atoms with Crippen LogP contribution in [-0.4, -0.2) is 16.2 Å². The second-order valence-corrected chi connectivity index (χ2v) is 3.41. The van der Waals surface area contributed by atoms with Crippen molar-refractivity contribution in [3.63, 3.8) is 0 Å². The Morgan fingerprint density at radius 1 is 1.29 bits per heavy atom. The van der Waals surface area contributed by atoms with Crippen LogP contribution in [0.25, 0.3) is 0 Å². The molecule has 2 rings (SSSR count). The third kappa shape index (κ3) is 2.78. The molecule has 1 aromatic carbocycles. The summed E-state index contributed by atoms with van der Waals surface area (Å²) in [5.41, 5.74) is 0.635. The van der Waals surface area contributed by atoms with Crippen molar-refractivity contribution in [3.05, 3.63) is 47.9 Å². The van der Waals surface area contributed by atoms with Crippen molar-refractivity contribution in [2.24, 2.45) is 0 Å². The van der Waals surface area contributed by atoms with Crippen molar-refractivity contribution >= 4 is 5.97 Å². The van der Waals surface area contributed by atoms with Gasteiger partial charge < -0.3 is 19.4 Å². The molecule has 0 aliphatic rings. The summed E-state index contributed by atoms with van der Waals surface area (Å²) in [6.45, 7) is 0.210. The first-order valence-corrected chi connectivity index (χ1v) is 4.87. The molecule has 0 amide bonds. The number of benzene rings is 1. The molecule has 0 spiro atoms. The number of phenols is 1. The van der Waals surface area contributed by atoms with Crippen LogP contribution in [0.2, 0.25) is 0 Å². The number of carboxylic acids is 1. The van der Waals surface area contributed by atoms with Crippen molar-refractivity contribution in [1.29, 1.82) is 0 Å². The van der Waals surface area contributed by atoms with Gasteiger partial charge >= 0.3 is 5.97 Å². The molecular formula is C12H10O5. The number of rotatable bonds is 4. The van der Waals surface area contributed by atoms with Crippen molar-refractivity contribution in [1.82, 2.24) is 0 Å². The third-order valence-electron chi connectivity index (χ3n) is 2.11. The van der Waals surface area contributed by atoms with E-state index in [0.717, 1.165) is 0 Å². The maximum atomic E-state index is 10.6. The van der Waals surface area contributed by atoms with E-state index in [2.05, 4.69) is 0 Å². The number of aromatic carboxylic acids is 1. The van der Waals surface area contributed by atoms with E-state index in [1.165, 1.54) is 24.5 Å². The van der Waals surface area contributed by atoms with Crippen LogP contribution in [0, 0.1) is 0 Å². The van der Waals surface area contributed by atoms with Crippen molar-refractivity contribution in [2.45, 2.75) is 6.61 Å². The average molecular weight is 234 g/mol. The molecule has 88 valence electrons. The smallest absolute Gasteiger partial charge is 0.371 e. The second kappa shape index (κ2) is 4.61. The standard InChI is InChI=1S/C12H10O5/c13-9-1-3-10(4-2-9)16-6-8-5-11(12(14)15)17-7-8/h1-5,7,13H,6H2,(H,14,15). The van der Waals surface area contributed by atoms with E-state index >= 15 is 0 Å². The summed E-state index contributed by atoms with van der Waals surface area (Å²) in [7, 11) is 0. The highest BCUT2D eigenvalue weighted by Crippen LogP contribution is 2.18. The Labute approximate surface area is 96.9 Å². The molecule has 0 radical (unpaired) electrons. The molecule has 0 aliphatic carbocycles. The van der Waals surface area contributed by atoms with Crippen molar-refractivity contribution in [3.8, 4) is 11.5 Å². The predicted molar refractivity (Wildman–Crippen MR) is 58.1 cm³/mol. The normalized spacial score (nSPS) is 10.1. The molecule has 0 fully saturated rings. The largest absolute Gasteiger partial charge is 0.508 e. The van der Waals surface area contributed by atoms with Crippen LogP contribution in [0.15, 0.2) is 41.0 Å². The highest BCUT2D eigenvalue weighted by molar-refractivity contribution is 5.84. The molecular weight excluding hydrogens is 224 g/mol. The van der Waals surface area contributed by atoms with Gasteiger partial charge in [-0.3, -0.25) is 0 Å². The topological polar surface area (TPSA) is 79.9 Å². The number of carboxylic acid groups (broad SMARTS) is 1. The lowest BCUT2D eigenvalue weighted by Gasteiger charge is -2.03. The lowest BCUT2D eigenvalue weighted by atomic mass is 10.3. The van der Waals surface area contributed by atoms with Crippen molar-refractivity contribution in [2.75, 3.05) is 0 Å². The molecule has 17 heavy (non-hydrogen) atoms. The Bertz CT molecular complexity index is 512. The van der Waals surface area contributed by atoms with E-state index in [1.54, 1.807) is 12.1 Å². The summed E-state index contributed by atoms with van der Waals surface area (Å²) < 4.78 is 10.2. The molecule has 2 aromatic rings. The van der Waals surface area contributed by atoms with Crippen LogP contribution in [0.3, 0.4) is 0 Å². The molecule has 0 saturated carbocycles. The van der Waals surface area contributed by atoms with Crippen LogP contribution in [-0.2, 0) is 6.61 Å². The maximum absolute atomic E-state index is 10.6. The zero-order chi connectivity index (χ0) is 12.3. The van der Waals surface area contributed by atoms with E-state index in [9.17, 15) is 4.79 Å². The van der Waals surface area contributed by atoms with E-state index in [-0.39, 0.29) is 18.1 Å². The number of hydrogen-bond donors (Lipinski definition) is 2. The first-order valence-electron chi connectivity index (χ1n) is 4.87. The van der Waals surface area contributed by atoms with Crippen LogP contribution in [0.1, 0.15) is 16.1 Å². The number of furan rings is 1. The van der Waals surface area contributed by atoms with Crippen molar-refractivity contribution < 1.29 is 24.2 Å². The zero-order valence-electron chi connectivity index (χ0n) is 8.79. The lowest BCUT2D eigenvalue weighted by Crippen LogP contribution is -1.95. The number of hydrogen-bond acceptors (Lipinski definition) is 4. The van der Waals surface area contributed by atoms with E-state index in [0.29, 0.717) is 11.3 Å². The van der Waals surface area contributed by atoms with Crippen LogP contribution in [0.4, 0.5) is 0 Å². The number of carbonyl (C=O) groups is 1. The molecule has 5 nitrogen and oxygen atoms in total. The summed E-state index contributed by atoms with van der Waals surface area (Å²) in [5.74, 6) is -0.482.